The van der Waals surface area contributed by atoms with Crippen molar-refractivity contribution in [1.29, 1.82) is 0 Å². The van der Waals surface area contributed by atoms with E-state index in [0.717, 1.165) is 0 Å². The van der Waals surface area contributed by atoms with Gasteiger partial charge >= 0.3 is 0 Å². The summed E-state index contributed by atoms with van der Waals surface area (Å²) in [5.41, 5.74) is 0.511. The SMILES string of the molecule is CNc1nc(Oc2ccc(Br)cc2F)c2cn[nH]c2n1. The Kier molecular flexibility index (Phi) is 3.23. The van der Waals surface area contributed by atoms with Crippen molar-refractivity contribution in [2.45, 2.75) is 0 Å². The number of benzene rings is 1. The maximum Gasteiger partial charge on any atom is 0.235 e. The minimum atomic E-state index is -0.486. The van der Waals surface area contributed by atoms with E-state index in [1.807, 2.05) is 0 Å². The number of nitrogens with one attached hydrogen (secondary N) is 2. The summed E-state index contributed by atoms with van der Waals surface area (Å²) in [4.78, 5) is 8.34. The molecule has 0 aliphatic carbocycles. The molecular weight excluding hydrogens is 329 g/mol. The van der Waals surface area contributed by atoms with E-state index in [2.05, 4.69) is 41.4 Å². The number of nitrogens with zero attached hydrogens (tertiary/aromatic N) is 3. The Morgan fingerprint density at radius 3 is 2.95 bits per heavy atom. The van der Waals surface area contributed by atoms with E-state index in [0.29, 0.717) is 21.5 Å². The van der Waals surface area contributed by atoms with Crippen LogP contribution >= 0.6 is 15.9 Å². The van der Waals surface area contributed by atoms with Crippen molar-refractivity contribution in [3.05, 3.63) is 34.7 Å². The van der Waals surface area contributed by atoms with E-state index in [-0.39, 0.29) is 11.6 Å². The molecule has 2 N–H and O–H groups in total. The first-order valence-corrected chi connectivity index (χ1v) is 6.48. The molecule has 0 aliphatic rings. The van der Waals surface area contributed by atoms with Gasteiger partial charge in [0.1, 0.15) is 5.39 Å². The van der Waals surface area contributed by atoms with Crippen LogP contribution in [0.3, 0.4) is 0 Å². The Morgan fingerprint density at radius 1 is 1.35 bits per heavy atom. The van der Waals surface area contributed by atoms with Gasteiger partial charge in [-0.2, -0.15) is 15.1 Å². The minimum Gasteiger partial charge on any atom is -0.435 e. The lowest BCUT2D eigenvalue weighted by molar-refractivity contribution is 0.432. The Morgan fingerprint density at radius 2 is 2.20 bits per heavy atom. The second-order valence-corrected chi connectivity index (χ2v) is 4.83. The van der Waals surface area contributed by atoms with Crippen LogP contribution in [-0.4, -0.2) is 27.2 Å². The van der Waals surface area contributed by atoms with Gasteiger partial charge in [-0.15, -0.1) is 0 Å². The monoisotopic (exact) mass is 337 g/mol. The minimum absolute atomic E-state index is 0.0800. The van der Waals surface area contributed by atoms with E-state index in [1.54, 1.807) is 13.1 Å². The number of hydrogen-bond donors (Lipinski definition) is 2. The van der Waals surface area contributed by atoms with E-state index in [1.165, 1.54) is 18.3 Å². The zero-order valence-electron chi connectivity index (χ0n) is 10.3. The van der Waals surface area contributed by atoms with Crippen molar-refractivity contribution >= 4 is 32.9 Å². The highest BCUT2D eigenvalue weighted by Gasteiger charge is 2.13. The molecule has 8 heteroatoms. The van der Waals surface area contributed by atoms with Crippen LogP contribution in [0.5, 0.6) is 11.6 Å². The number of ether oxygens (including phenoxy) is 1. The quantitative estimate of drug-likeness (QED) is 0.768. The molecule has 0 saturated carbocycles. The van der Waals surface area contributed by atoms with Crippen LogP contribution in [0.1, 0.15) is 0 Å². The molecule has 0 unspecified atom stereocenters. The molecule has 0 spiro atoms. The van der Waals surface area contributed by atoms with Crippen LogP contribution in [0.25, 0.3) is 11.0 Å². The second kappa shape index (κ2) is 5.04. The zero-order chi connectivity index (χ0) is 14.1. The lowest BCUT2D eigenvalue weighted by Gasteiger charge is -2.08. The first-order chi connectivity index (χ1) is 9.67. The Labute approximate surface area is 121 Å². The van der Waals surface area contributed by atoms with E-state index in [9.17, 15) is 4.39 Å². The van der Waals surface area contributed by atoms with Crippen molar-refractivity contribution in [3.8, 4) is 11.6 Å². The number of hydrogen-bond acceptors (Lipinski definition) is 5. The largest absolute Gasteiger partial charge is 0.435 e. The Balaban J connectivity index is 2.07. The third-order valence-corrected chi connectivity index (χ3v) is 3.09. The van der Waals surface area contributed by atoms with Crippen LogP contribution in [0.4, 0.5) is 10.3 Å². The molecule has 6 nitrogen and oxygen atoms in total. The molecule has 2 aromatic heterocycles. The summed E-state index contributed by atoms with van der Waals surface area (Å²) in [5.74, 6) is 0.181. The first kappa shape index (κ1) is 12.8. The van der Waals surface area contributed by atoms with Gasteiger partial charge < -0.3 is 10.1 Å². The summed E-state index contributed by atoms with van der Waals surface area (Å²) in [6, 6.07) is 4.53. The smallest absolute Gasteiger partial charge is 0.235 e. The lowest BCUT2D eigenvalue weighted by atomic mass is 10.3. The van der Waals surface area contributed by atoms with Gasteiger partial charge in [-0.1, -0.05) is 15.9 Å². The van der Waals surface area contributed by atoms with Gasteiger partial charge in [0, 0.05) is 11.5 Å². The third kappa shape index (κ3) is 2.29. The zero-order valence-corrected chi connectivity index (χ0v) is 11.9. The molecule has 1 aromatic carbocycles. The summed E-state index contributed by atoms with van der Waals surface area (Å²) in [6.07, 6.45) is 1.53. The first-order valence-electron chi connectivity index (χ1n) is 5.69. The maximum atomic E-state index is 13.8. The average Bonchev–Trinajstić information content (AvgIpc) is 2.90. The molecule has 3 aromatic rings. The number of aromatic amines is 1. The van der Waals surface area contributed by atoms with E-state index < -0.39 is 5.82 Å². The van der Waals surface area contributed by atoms with Crippen LogP contribution in [0.2, 0.25) is 0 Å². The highest BCUT2D eigenvalue weighted by Crippen LogP contribution is 2.30. The van der Waals surface area contributed by atoms with Crippen LogP contribution in [0.15, 0.2) is 28.9 Å². The Bertz CT molecular complexity index is 776. The van der Waals surface area contributed by atoms with E-state index in [4.69, 9.17) is 4.74 Å². The molecule has 3 rings (SSSR count). The van der Waals surface area contributed by atoms with Crippen molar-refractivity contribution in [2.24, 2.45) is 0 Å². The summed E-state index contributed by atoms with van der Waals surface area (Å²) < 4.78 is 20.0. The van der Waals surface area contributed by atoms with Gasteiger partial charge in [0.15, 0.2) is 17.2 Å². The summed E-state index contributed by atoms with van der Waals surface area (Å²) in [7, 11) is 1.68. The van der Waals surface area contributed by atoms with Crippen LogP contribution in [-0.2, 0) is 0 Å². The molecule has 20 heavy (non-hydrogen) atoms. The lowest BCUT2D eigenvalue weighted by Crippen LogP contribution is -1.99. The highest BCUT2D eigenvalue weighted by atomic mass is 79.9. The normalized spacial score (nSPS) is 10.8. The van der Waals surface area contributed by atoms with Gasteiger partial charge in [-0.05, 0) is 18.2 Å². The summed E-state index contributed by atoms with van der Waals surface area (Å²) in [6.45, 7) is 0. The van der Waals surface area contributed by atoms with E-state index >= 15 is 0 Å². The summed E-state index contributed by atoms with van der Waals surface area (Å²) >= 11 is 3.19. The molecular formula is C12H9BrFN5O. The maximum absolute atomic E-state index is 13.8. The number of anilines is 1. The van der Waals surface area contributed by atoms with Crippen LogP contribution < -0.4 is 10.1 Å². The number of fused-ring (bicyclic) bond motifs is 1. The van der Waals surface area contributed by atoms with Gasteiger partial charge in [-0.25, -0.2) is 4.39 Å². The topological polar surface area (TPSA) is 75.7 Å². The molecule has 0 bridgehead atoms. The summed E-state index contributed by atoms with van der Waals surface area (Å²) in [5, 5.41) is 9.98. The number of aromatic nitrogens is 4. The van der Waals surface area contributed by atoms with Crippen LogP contribution in [0, 0.1) is 5.82 Å². The second-order valence-electron chi connectivity index (χ2n) is 3.91. The molecule has 2 heterocycles. The van der Waals surface area contributed by atoms with Crippen molar-refractivity contribution in [3.63, 3.8) is 0 Å². The number of rotatable bonds is 3. The predicted octanol–water partition coefficient (Wildman–Crippen LogP) is 3.09. The van der Waals surface area contributed by atoms with Gasteiger partial charge in [0.25, 0.3) is 0 Å². The molecule has 0 radical (unpaired) electrons. The van der Waals surface area contributed by atoms with Gasteiger partial charge in [0.2, 0.25) is 11.8 Å². The Hall–Kier alpha value is -2.22. The van der Waals surface area contributed by atoms with Gasteiger partial charge in [-0.3, -0.25) is 5.10 Å². The molecule has 0 amide bonds. The fourth-order valence-electron chi connectivity index (χ4n) is 1.66. The number of halogens is 2. The van der Waals surface area contributed by atoms with Crippen molar-refractivity contribution < 1.29 is 9.13 Å². The molecule has 0 atom stereocenters. The molecule has 0 saturated heterocycles. The van der Waals surface area contributed by atoms with Crippen molar-refractivity contribution in [1.82, 2.24) is 20.2 Å². The molecule has 0 aliphatic heterocycles. The third-order valence-electron chi connectivity index (χ3n) is 2.60. The molecule has 102 valence electrons. The molecule has 0 fully saturated rings. The average molecular weight is 338 g/mol. The van der Waals surface area contributed by atoms with Gasteiger partial charge in [0.05, 0.1) is 6.20 Å². The predicted molar refractivity (Wildman–Crippen MR) is 75.4 cm³/mol. The highest BCUT2D eigenvalue weighted by molar-refractivity contribution is 9.10. The standard InChI is InChI=1S/C12H9BrFN5O/c1-15-12-17-10-7(5-16-19-10)11(18-12)20-9-3-2-6(13)4-8(9)14/h2-5H,1H3,(H2,15,16,17,18,19). The number of H-pyrrole nitrogens is 1. The fourth-order valence-corrected chi connectivity index (χ4v) is 1.99. The fraction of sp³-hybridized carbons (Fsp3) is 0.0833. The van der Waals surface area contributed by atoms with Crippen molar-refractivity contribution in [2.75, 3.05) is 12.4 Å².